The molecule has 178 valence electrons. The molecule has 0 saturated heterocycles. The molecular weight excluding hydrogens is 493 g/mol. The second-order valence-corrected chi connectivity index (χ2v) is 11.0. The third-order valence-corrected chi connectivity index (χ3v) is 7.89. The van der Waals surface area contributed by atoms with E-state index in [1.54, 1.807) is 24.3 Å². The summed E-state index contributed by atoms with van der Waals surface area (Å²) in [5, 5.41) is 3.55. The normalized spacial score (nSPS) is 13.1. The van der Waals surface area contributed by atoms with E-state index in [2.05, 4.69) is 10.0 Å². The highest BCUT2D eigenvalue weighted by atomic mass is 35.5. The predicted molar refractivity (Wildman–Crippen MR) is 137 cm³/mol. The maximum absolute atomic E-state index is 12.9. The Kier molecular flexibility index (Phi) is 7.19. The summed E-state index contributed by atoms with van der Waals surface area (Å²) in [5.41, 5.74) is 4.97. The van der Waals surface area contributed by atoms with Crippen LogP contribution in [0, 0.1) is 0 Å². The molecule has 0 unspecified atom stereocenters. The first-order chi connectivity index (χ1) is 16.2. The van der Waals surface area contributed by atoms with Gasteiger partial charge in [-0.05, 0) is 68.2 Å². The van der Waals surface area contributed by atoms with Crippen LogP contribution in [0.15, 0.2) is 59.5 Å². The number of carbonyl (C=O) groups is 1. The zero-order valence-electron chi connectivity index (χ0n) is 18.9. The zero-order chi connectivity index (χ0) is 24.5. The molecule has 0 spiro atoms. The minimum atomic E-state index is -4.05. The van der Waals surface area contributed by atoms with E-state index in [9.17, 15) is 13.2 Å². The molecule has 34 heavy (non-hydrogen) atoms. The number of nitrogens with zero attached hydrogens (tertiary/aromatic N) is 1. The average molecular weight is 518 g/mol. The molecule has 0 fully saturated rings. The molecule has 0 radical (unpaired) electrons. The maximum atomic E-state index is 12.9. The SMILES string of the molecule is CN(C)Cc1ccc(S(=O)(=O)NC(=O)Nc2c(-c3cccc(Cl)c3Cl)ccc3c2CCC3)cc1. The Morgan fingerprint density at radius 3 is 2.41 bits per heavy atom. The van der Waals surface area contributed by atoms with Gasteiger partial charge < -0.3 is 10.2 Å². The molecule has 2 N–H and O–H groups in total. The van der Waals surface area contributed by atoms with Crippen LogP contribution in [-0.2, 0) is 29.4 Å². The maximum Gasteiger partial charge on any atom is 0.333 e. The molecule has 0 aromatic heterocycles. The first kappa shape index (κ1) is 24.5. The van der Waals surface area contributed by atoms with Gasteiger partial charge in [0, 0.05) is 17.7 Å². The number of carbonyl (C=O) groups excluding carboxylic acids is 1. The van der Waals surface area contributed by atoms with Crippen molar-refractivity contribution in [2.45, 2.75) is 30.7 Å². The number of benzene rings is 3. The van der Waals surface area contributed by atoms with Crippen LogP contribution in [0.4, 0.5) is 10.5 Å². The van der Waals surface area contributed by atoms with Crippen LogP contribution in [0.1, 0.15) is 23.1 Å². The van der Waals surface area contributed by atoms with Gasteiger partial charge in [-0.1, -0.05) is 59.6 Å². The summed E-state index contributed by atoms with van der Waals surface area (Å²) in [6.45, 7) is 0.683. The summed E-state index contributed by atoms with van der Waals surface area (Å²) in [7, 11) is -0.190. The van der Waals surface area contributed by atoms with E-state index in [0.717, 1.165) is 36.0 Å². The van der Waals surface area contributed by atoms with E-state index in [-0.39, 0.29) is 4.90 Å². The summed E-state index contributed by atoms with van der Waals surface area (Å²) in [4.78, 5) is 14.9. The quantitative estimate of drug-likeness (QED) is 0.438. The fourth-order valence-corrected chi connectivity index (χ4v) is 5.51. The third kappa shape index (κ3) is 5.23. The minimum Gasteiger partial charge on any atom is -0.306 e. The van der Waals surface area contributed by atoms with E-state index >= 15 is 0 Å². The van der Waals surface area contributed by atoms with Crippen LogP contribution in [-0.4, -0.2) is 33.4 Å². The number of hydrogen-bond donors (Lipinski definition) is 2. The van der Waals surface area contributed by atoms with Crippen molar-refractivity contribution in [3.05, 3.63) is 81.3 Å². The number of anilines is 1. The highest BCUT2D eigenvalue weighted by Gasteiger charge is 2.24. The second-order valence-electron chi connectivity index (χ2n) is 8.52. The van der Waals surface area contributed by atoms with Crippen LogP contribution in [0.5, 0.6) is 0 Å². The van der Waals surface area contributed by atoms with Gasteiger partial charge in [0.2, 0.25) is 0 Å². The molecule has 0 aliphatic heterocycles. The molecule has 3 aromatic carbocycles. The Morgan fingerprint density at radius 1 is 0.971 bits per heavy atom. The molecule has 0 bridgehead atoms. The van der Waals surface area contributed by atoms with Gasteiger partial charge in [-0.3, -0.25) is 0 Å². The molecule has 3 aromatic rings. The molecule has 9 heteroatoms. The number of sulfonamides is 1. The number of urea groups is 1. The summed E-state index contributed by atoms with van der Waals surface area (Å²) < 4.78 is 27.8. The van der Waals surface area contributed by atoms with Gasteiger partial charge in [0.05, 0.1) is 20.6 Å². The highest BCUT2D eigenvalue weighted by molar-refractivity contribution is 7.90. The smallest absolute Gasteiger partial charge is 0.306 e. The van der Waals surface area contributed by atoms with E-state index in [1.807, 2.05) is 37.2 Å². The van der Waals surface area contributed by atoms with Crippen molar-refractivity contribution in [1.82, 2.24) is 9.62 Å². The average Bonchev–Trinajstić information content (AvgIpc) is 3.25. The second kappa shape index (κ2) is 9.96. The molecule has 1 aliphatic rings. The first-order valence-electron chi connectivity index (χ1n) is 10.8. The Balaban J connectivity index is 1.62. The largest absolute Gasteiger partial charge is 0.333 e. The van der Waals surface area contributed by atoms with E-state index in [1.165, 1.54) is 12.1 Å². The van der Waals surface area contributed by atoms with Crippen molar-refractivity contribution in [3.8, 4) is 11.1 Å². The van der Waals surface area contributed by atoms with Gasteiger partial charge in [-0.25, -0.2) is 17.9 Å². The van der Waals surface area contributed by atoms with Gasteiger partial charge in [0.25, 0.3) is 10.0 Å². The Morgan fingerprint density at radius 2 is 1.71 bits per heavy atom. The standard InChI is InChI=1S/C25H25Cl2N3O3S/c1-30(2)15-16-9-12-18(13-10-16)34(32,33)29-25(31)28-24-19-6-3-5-17(19)11-14-21(24)20-7-4-8-22(26)23(20)27/h4,7-14H,3,5-6,15H2,1-2H3,(H2,28,29,31). The van der Waals surface area contributed by atoms with Crippen LogP contribution < -0.4 is 10.0 Å². The van der Waals surface area contributed by atoms with Gasteiger partial charge in [0.15, 0.2) is 0 Å². The number of aryl methyl sites for hydroxylation is 1. The lowest BCUT2D eigenvalue weighted by atomic mass is 9.97. The Hall–Kier alpha value is -2.58. The Bertz CT molecular complexity index is 1340. The summed E-state index contributed by atoms with van der Waals surface area (Å²) in [6, 6.07) is 14.8. The monoisotopic (exact) mass is 517 g/mol. The topological polar surface area (TPSA) is 78.5 Å². The fraction of sp³-hybridized carbons (Fsp3) is 0.240. The van der Waals surface area contributed by atoms with E-state index in [4.69, 9.17) is 23.2 Å². The van der Waals surface area contributed by atoms with Gasteiger partial charge in [-0.2, -0.15) is 0 Å². The molecule has 4 rings (SSSR count). The lowest BCUT2D eigenvalue weighted by Crippen LogP contribution is -2.34. The molecule has 6 nitrogen and oxygen atoms in total. The van der Waals surface area contributed by atoms with E-state index in [0.29, 0.717) is 33.4 Å². The van der Waals surface area contributed by atoms with Gasteiger partial charge >= 0.3 is 6.03 Å². The van der Waals surface area contributed by atoms with Crippen LogP contribution in [0.25, 0.3) is 11.1 Å². The molecule has 0 saturated carbocycles. The lowest BCUT2D eigenvalue weighted by molar-refractivity contribution is 0.256. The number of fused-ring (bicyclic) bond motifs is 1. The summed E-state index contributed by atoms with van der Waals surface area (Å²) in [5.74, 6) is 0. The first-order valence-corrected chi connectivity index (χ1v) is 13.1. The molecular formula is C25H25Cl2N3O3S. The molecule has 0 atom stereocenters. The zero-order valence-corrected chi connectivity index (χ0v) is 21.2. The van der Waals surface area contributed by atoms with Crippen molar-refractivity contribution < 1.29 is 13.2 Å². The fourth-order valence-electron chi connectivity index (χ4n) is 4.20. The van der Waals surface area contributed by atoms with Crippen LogP contribution >= 0.6 is 23.2 Å². The van der Waals surface area contributed by atoms with E-state index < -0.39 is 16.1 Å². The summed E-state index contributed by atoms with van der Waals surface area (Å²) in [6.07, 6.45) is 2.62. The highest BCUT2D eigenvalue weighted by Crippen LogP contribution is 2.41. The number of hydrogen-bond acceptors (Lipinski definition) is 4. The lowest BCUT2D eigenvalue weighted by Gasteiger charge is -2.18. The van der Waals surface area contributed by atoms with Crippen molar-refractivity contribution in [2.75, 3.05) is 19.4 Å². The Labute approximate surface area is 209 Å². The summed E-state index contributed by atoms with van der Waals surface area (Å²) >= 11 is 12.7. The van der Waals surface area contributed by atoms with Crippen molar-refractivity contribution in [3.63, 3.8) is 0 Å². The minimum absolute atomic E-state index is 0.0153. The molecule has 0 heterocycles. The van der Waals surface area contributed by atoms with Crippen LogP contribution in [0.2, 0.25) is 10.0 Å². The predicted octanol–water partition coefficient (Wildman–Crippen LogP) is 5.72. The number of rotatable bonds is 6. The third-order valence-electron chi connectivity index (χ3n) is 5.72. The van der Waals surface area contributed by atoms with Crippen molar-refractivity contribution in [1.29, 1.82) is 0 Å². The number of nitrogens with one attached hydrogen (secondary N) is 2. The van der Waals surface area contributed by atoms with Gasteiger partial charge in [0.1, 0.15) is 0 Å². The van der Waals surface area contributed by atoms with Crippen LogP contribution in [0.3, 0.4) is 0 Å². The van der Waals surface area contributed by atoms with Crippen molar-refractivity contribution >= 4 is 44.9 Å². The van der Waals surface area contributed by atoms with Crippen molar-refractivity contribution in [2.24, 2.45) is 0 Å². The molecule has 1 aliphatic carbocycles. The number of amides is 2. The van der Waals surface area contributed by atoms with Gasteiger partial charge in [-0.15, -0.1) is 0 Å². The molecule has 2 amide bonds. The number of halogens is 2.